The Kier molecular flexibility index (Phi) is 2.52. The summed E-state index contributed by atoms with van der Waals surface area (Å²) in [6.45, 7) is 0.211. The van der Waals surface area contributed by atoms with Gasteiger partial charge < -0.3 is 15.4 Å². The molecule has 5 heteroatoms. The molecule has 0 saturated heterocycles. The number of fused-ring (bicyclic) bond motifs is 1. The predicted molar refractivity (Wildman–Crippen MR) is 69.7 cm³/mol. The first-order valence-electron chi connectivity index (χ1n) is 6.35. The van der Waals surface area contributed by atoms with Crippen LogP contribution in [0.1, 0.15) is 12.8 Å². The molecule has 1 heterocycles. The first-order chi connectivity index (χ1) is 9.06. The number of para-hydroxylation sites is 2. The van der Waals surface area contributed by atoms with Gasteiger partial charge in [-0.15, -0.1) is 0 Å². The normalized spacial score (nSPS) is 24.2. The Morgan fingerprint density at radius 1 is 1.42 bits per heavy atom. The quantitative estimate of drug-likeness (QED) is 0.859. The lowest BCUT2D eigenvalue weighted by Crippen LogP contribution is -2.44. The topological polar surface area (TPSA) is 72.6 Å². The van der Waals surface area contributed by atoms with E-state index in [1.807, 2.05) is 24.3 Å². The molecule has 3 rings (SSSR count). The lowest BCUT2D eigenvalue weighted by atomic mass is 9.87. The summed E-state index contributed by atoms with van der Waals surface area (Å²) < 4.78 is 5.71. The van der Waals surface area contributed by atoms with E-state index >= 15 is 0 Å². The van der Waals surface area contributed by atoms with Crippen LogP contribution >= 0.6 is 0 Å². The van der Waals surface area contributed by atoms with Gasteiger partial charge in [0.1, 0.15) is 12.4 Å². The maximum atomic E-state index is 12.5. The minimum absolute atomic E-state index is 0.0961. The molecule has 5 nitrogen and oxygen atoms in total. The van der Waals surface area contributed by atoms with Crippen molar-refractivity contribution in [3.8, 4) is 5.75 Å². The number of hydrogen-bond acceptors (Lipinski definition) is 3. The number of nitrogens with zero attached hydrogens (tertiary/aromatic N) is 1. The molecule has 1 aliphatic carbocycles. The second-order valence-corrected chi connectivity index (χ2v) is 5.25. The van der Waals surface area contributed by atoms with Gasteiger partial charge in [-0.25, -0.2) is 0 Å². The highest BCUT2D eigenvalue weighted by Gasteiger charge is 2.58. The smallest absolute Gasteiger partial charge is 0.234 e. The first kappa shape index (κ1) is 12.0. The molecule has 0 aromatic heterocycles. The number of ether oxygens (including phenoxy) is 1. The maximum Gasteiger partial charge on any atom is 0.234 e. The number of carbonyl (C=O) groups is 2. The van der Waals surface area contributed by atoms with Gasteiger partial charge in [-0.05, 0) is 25.0 Å². The van der Waals surface area contributed by atoms with Crippen LogP contribution in [0.5, 0.6) is 5.75 Å². The van der Waals surface area contributed by atoms with E-state index in [9.17, 15) is 9.59 Å². The van der Waals surface area contributed by atoms with E-state index in [1.54, 1.807) is 11.9 Å². The number of benzene rings is 1. The Morgan fingerprint density at radius 2 is 2.11 bits per heavy atom. The van der Waals surface area contributed by atoms with Crippen molar-refractivity contribution in [3.05, 3.63) is 24.3 Å². The van der Waals surface area contributed by atoms with Crippen LogP contribution in [-0.4, -0.2) is 25.5 Å². The number of hydrogen-bond donors (Lipinski definition) is 1. The minimum Gasteiger partial charge on any atom is -0.491 e. The number of carbonyl (C=O) groups excluding carboxylic acids is 2. The zero-order chi connectivity index (χ0) is 13.6. The molecule has 0 radical (unpaired) electrons. The molecular weight excluding hydrogens is 244 g/mol. The van der Waals surface area contributed by atoms with Gasteiger partial charge >= 0.3 is 0 Å². The fourth-order valence-corrected chi connectivity index (χ4v) is 2.75. The molecule has 0 unspecified atom stereocenters. The summed E-state index contributed by atoms with van der Waals surface area (Å²) in [7, 11) is 1.71. The van der Waals surface area contributed by atoms with Crippen molar-refractivity contribution in [3.63, 3.8) is 0 Å². The van der Waals surface area contributed by atoms with Crippen LogP contribution in [-0.2, 0) is 9.59 Å². The molecule has 1 saturated carbocycles. The van der Waals surface area contributed by atoms with Gasteiger partial charge in [0.25, 0.3) is 0 Å². The highest BCUT2D eigenvalue weighted by atomic mass is 16.5. The van der Waals surface area contributed by atoms with Gasteiger partial charge in [0.2, 0.25) is 11.8 Å². The number of nitrogens with two attached hydrogens (primary N) is 1. The molecule has 19 heavy (non-hydrogen) atoms. The standard InChI is InChI=1S/C14H16N2O3/c1-16-10-4-2-3-5-11(10)19-8-9(12(16)17)14(6-7-14)13(15)18/h2-5,9H,6-8H2,1H3,(H2,15,18)/t9-/m0/s1. The fraction of sp³-hybridized carbons (Fsp3) is 0.429. The van der Waals surface area contributed by atoms with Gasteiger partial charge in [-0.1, -0.05) is 12.1 Å². The summed E-state index contributed by atoms with van der Waals surface area (Å²) in [5.41, 5.74) is 5.49. The number of amides is 2. The highest BCUT2D eigenvalue weighted by molar-refractivity contribution is 6.01. The second kappa shape index (κ2) is 3.98. The van der Waals surface area contributed by atoms with Crippen molar-refractivity contribution < 1.29 is 14.3 Å². The van der Waals surface area contributed by atoms with E-state index in [1.165, 1.54) is 0 Å². The van der Waals surface area contributed by atoms with Crippen molar-refractivity contribution in [2.75, 3.05) is 18.6 Å². The lowest BCUT2D eigenvalue weighted by Gasteiger charge is -2.24. The zero-order valence-corrected chi connectivity index (χ0v) is 10.8. The molecule has 2 N–H and O–H groups in total. The second-order valence-electron chi connectivity index (χ2n) is 5.25. The van der Waals surface area contributed by atoms with Crippen molar-refractivity contribution in [2.45, 2.75) is 12.8 Å². The van der Waals surface area contributed by atoms with Crippen LogP contribution in [0.15, 0.2) is 24.3 Å². The third-order valence-electron chi connectivity index (χ3n) is 4.21. The Hall–Kier alpha value is -2.04. The highest BCUT2D eigenvalue weighted by Crippen LogP contribution is 2.53. The van der Waals surface area contributed by atoms with Gasteiger partial charge in [-0.3, -0.25) is 9.59 Å². The molecule has 1 atom stereocenters. The maximum absolute atomic E-state index is 12.5. The molecule has 1 aromatic carbocycles. The van der Waals surface area contributed by atoms with E-state index in [0.717, 1.165) is 5.69 Å². The van der Waals surface area contributed by atoms with E-state index in [0.29, 0.717) is 18.6 Å². The monoisotopic (exact) mass is 260 g/mol. The largest absolute Gasteiger partial charge is 0.491 e. The molecule has 1 fully saturated rings. The van der Waals surface area contributed by atoms with E-state index in [2.05, 4.69) is 0 Å². The molecule has 2 amide bonds. The Balaban J connectivity index is 1.97. The van der Waals surface area contributed by atoms with Crippen LogP contribution in [0, 0.1) is 11.3 Å². The SMILES string of the molecule is CN1C(=O)[C@@H](C2(C(N)=O)CC2)COc2ccccc21. The summed E-state index contributed by atoms with van der Waals surface area (Å²) in [4.78, 5) is 25.7. The van der Waals surface area contributed by atoms with Crippen LogP contribution in [0.4, 0.5) is 5.69 Å². The van der Waals surface area contributed by atoms with Gasteiger partial charge in [0.05, 0.1) is 17.0 Å². The lowest BCUT2D eigenvalue weighted by molar-refractivity contribution is -0.134. The van der Waals surface area contributed by atoms with Gasteiger partial charge in [-0.2, -0.15) is 0 Å². The number of anilines is 1. The summed E-state index contributed by atoms with van der Waals surface area (Å²) in [5.74, 6) is -0.307. The van der Waals surface area contributed by atoms with Crippen molar-refractivity contribution in [2.24, 2.45) is 17.1 Å². The van der Waals surface area contributed by atoms with Crippen molar-refractivity contribution in [1.29, 1.82) is 0 Å². The molecular formula is C14H16N2O3. The Labute approximate surface area is 111 Å². The van der Waals surface area contributed by atoms with E-state index in [4.69, 9.17) is 10.5 Å². The number of rotatable bonds is 2. The molecule has 0 spiro atoms. The third-order valence-corrected chi connectivity index (χ3v) is 4.21. The van der Waals surface area contributed by atoms with Crippen molar-refractivity contribution >= 4 is 17.5 Å². The van der Waals surface area contributed by atoms with Crippen LogP contribution < -0.4 is 15.4 Å². The average Bonchev–Trinajstić information content (AvgIpc) is 3.20. The first-order valence-corrected chi connectivity index (χ1v) is 6.35. The predicted octanol–water partition coefficient (Wildman–Crippen LogP) is 0.923. The van der Waals surface area contributed by atoms with Crippen molar-refractivity contribution in [1.82, 2.24) is 0 Å². The number of primary amides is 1. The molecule has 0 bridgehead atoms. The summed E-state index contributed by atoms with van der Waals surface area (Å²) in [6, 6.07) is 7.37. The van der Waals surface area contributed by atoms with Gasteiger partial charge in [0.15, 0.2) is 0 Å². The molecule has 1 aliphatic heterocycles. The summed E-state index contributed by atoms with van der Waals surface area (Å²) >= 11 is 0. The third kappa shape index (κ3) is 1.69. The summed E-state index contributed by atoms with van der Waals surface area (Å²) in [5, 5.41) is 0. The Morgan fingerprint density at radius 3 is 2.74 bits per heavy atom. The summed E-state index contributed by atoms with van der Waals surface area (Å²) in [6.07, 6.45) is 1.35. The minimum atomic E-state index is -0.701. The van der Waals surface area contributed by atoms with Gasteiger partial charge in [0, 0.05) is 7.05 Å². The Bertz CT molecular complexity index is 551. The van der Waals surface area contributed by atoms with Crippen LogP contribution in [0.25, 0.3) is 0 Å². The van der Waals surface area contributed by atoms with Crippen LogP contribution in [0.2, 0.25) is 0 Å². The molecule has 2 aliphatic rings. The fourth-order valence-electron chi connectivity index (χ4n) is 2.75. The average molecular weight is 260 g/mol. The molecule has 1 aromatic rings. The molecule has 100 valence electrons. The van der Waals surface area contributed by atoms with Crippen LogP contribution in [0.3, 0.4) is 0 Å². The zero-order valence-electron chi connectivity index (χ0n) is 10.8. The van der Waals surface area contributed by atoms with E-state index < -0.39 is 17.2 Å². The van der Waals surface area contributed by atoms with E-state index in [-0.39, 0.29) is 12.5 Å².